The highest BCUT2D eigenvalue weighted by atomic mass is 32.1. The summed E-state index contributed by atoms with van der Waals surface area (Å²) in [5.74, 6) is -0.751. The number of fused-ring (bicyclic) bond motifs is 1. The molecule has 10 heteroatoms. The average molecular weight is 420 g/mol. The van der Waals surface area contributed by atoms with E-state index < -0.39 is 10.7 Å². The minimum Gasteiger partial charge on any atom is -0.308 e. The Kier molecular flexibility index (Phi) is 6.12. The molecule has 0 atom stereocenters. The Balaban J connectivity index is 1.87. The first kappa shape index (κ1) is 20.1. The first-order chi connectivity index (χ1) is 13.3. The lowest BCUT2D eigenvalue weighted by Gasteiger charge is -2.20. The van der Waals surface area contributed by atoms with E-state index in [1.165, 1.54) is 40.5 Å². The predicted octanol–water partition coefficient (Wildman–Crippen LogP) is 4.01. The Hall–Kier alpha value is -2.69. The Labute approximate surface area is 168 Å². The molecule has 0 unspecified atom stereocenters. The van der Waals surface area contributed by atoms with Gasteiger partial charge in [0.15, 0.2) is 5.13 Å². The second-order valence-electron chi connectivity index (χ2n) is 6.14. The van der Waals surface area contributed by atoms with Gasteiger partial charge in [0.2, 0.25) is 0 Å². The number of nitrogens with zero attached hydrogens (tertiary/aromatic N) is 4. The van der Waals surface area contributed by atoms with E-state index in [9.17, 15) is 19.3 Å². The maximum atomic E-state index is 14.0. The standard InChI is InChI=1S/C18H17FN4O3S2/c1-21(2)10-11-22(18-20-17-13(19)4-3-5-14(17)28-18)15(24)8-6-12-7-9-16(27-12)23(25)26/h3-9H,10-11H2,1-2H3. The maximum absolute atomic E-state index is 14.0. The molecule has 146 valence electrons. The van der Waals surface area contributed by atoms with Crippen LogP contribution in [-0.4, -0.2) is 47.9 Å². The molecule has 0 N–H and O–H groups in total. The Morgan fingerprint density at radius 2 is 2.04 bits per heavy atom. The normalized spacial score (nSPS) is 11.6. The molecule has 0 aliphatic carbocycles. The van der Waals surface area contributed by atoms with Crippen molar-refractivity contribution in [1.82, 2.24) is 9.88 Å². The molecule has 0 saturated carbocycles. The van der Waals surface area contributed by atoms with Crippen molar-refractivity contribution in [2.24, 2.45) is 0 Å². The number of benzene rings is 1. The quantitative estimate of drug-likeness (QED) is 0.328. The third kappa shape index (κ3) is 4.58. The zero-order valence-electron chi connectivity index (χ0n) is 15.2. The second-order valence-corrected chi connectivity index (χ2v) is 8.25. The smallest absolute Gasteiger partial charge is 0.308 e. The number of anilines is 1. The number of carbonyl (C=O) groups excluding carboxylic acids is 1. The number of thiophene rings is 1. The lowest BCUT2D eigenvalue weighted by molar-refractivity contribution is -0.380. The van der Waals surface area contributed by atoms with Crippen molar-refractivity contribution in [2.75, 3.05) is 32.1 Å². The van der Waals surface area contributed by atoms with E-state index in [1.807, 2.05) is 19.0 Å². The molecule has 2 aromatic heterocycles. The van der Waals surface area contributed by atoms with Gasteiger partial charge in [-0.05, 0) is 38.4 Å². The highest BCUT2D eigenvalue weighted by Crippen LogP contribution is 2.31. The van der Waals surface area contributed by atoms with E-state index in [-0.39, 0.29) is 16.4 Å². The summed E-state index contributed by atoms with van der Waals surface area (Å²) in [6, 6.07) is 7.68. The van der Waals surface area contributed by atoms with Gasteiger partial charge >= 0.3 is 5.00 Å². The second kappa shape index (κ2) is 8.55. The highest BCUT2D eigenvalue weighted by Gasteiger charge is 2.19. The summed E-state index contributed by atoms with van der Waals surface area (Å²) in [6.45, 7) is 0.977. The topological polar surface area (TPSA) is 79.6 Å². The van der Waals surface area contributed by atoms with E-state index in [1.54, 1.807) is 18.2 Å². The predicted molar refractivity (Wildman–Crippen MR) is 110 cm³/mol. The molecule has 0 spiro atoms. The van der Waals surface area contributed by atoms with Crippen molar-refractivity contribution < 1.29 is 14.1 Å². The third-order valence-electron chi connectivity index (χ3n) is 3.81. The molecule has 3 rings (SSSR count). The van der Waals surface area contributed by atoms with Crippen molar-refractivity contribution in [2.45, 2.75) is 0 Å². The van der Waals surface area contributed by atoms with Crippen LogP contribution in [0, 0.1) is 15.9 Å². The zero-order valence-corrected chi connectivity index (χ0v) is 16.8. The molecule has 7 nitrogen and oxygen atoms in total. The summed E-state index contributed by atoms with van der Waals surface area (Å²) < 4.78 is 14.6. The number of nitro groups is 1. The van der Waals surface area contributed by atoms with Crippen LogP contribution in [0.3, 0.4) is 0 Å². The largest absolute Gasteiger partial charge is 0.324 e. The highest BCUT2D eigenvalue weighted by molar-refractivity contribution is 7.22. The number of likely N-dealkylation sites (N-methyl/N-ethyl adjacent to an activating group) is 1. The number of para-hydroxylation sites is 1. The molecular weight excluding hydrogens is 403 g/mol. The van der Waals surface area contributed by atoms with Gasteiger partial charge in [-0.2, -0.15) is 0 Å². The van der Waals surface area contributed by atoms with Gasteiger partial charge in [0.05, 0.1) is 9.62 Å². The van der Waals surface area contributed by atoms with Gasteiger partial charge in [-0.25, -0.2) is 9.37 Å². The summed E-state index contributed by atoms with van der Waals surface area (Å²) >= 11 is 2.23. The summed E-state index contributed by atoms with van der Waals surface area (Å²) in [4.78, 5) is 31.4. The summed E-state index contributed by atoms with van der Waals surface area (Å²) in [6.07, 6.45) is 2.89. The van der Waals surface area contributed by atoms with Gasteiger partial charge in [-0.15, -0.1) is 0 Å². The molecule has 1 amide bonds. The van der Waals surface area contributed by atoms with Crippen molar-refractivity contribution in [3.8, 4) is 0 Å². The van der Waals surface area contributed by atoms with Crippen LogP contribution in [0.2, 0.25) is 0 Å². The molecule has 0 aliphatic rings. The fourth-order valence-corrected chi connectivity index (χ4v) is 4.13. The summed E-state index contributed by atoms with van der Waals surface area (Å²) in [7, 11) is 3.78. The van der Waals surface area contributed by atoms with E-state index in [2.05, 4.69) is 4.98 Å². The molecule has 2 heterocycles. The minimum atomic E-state index is -0.469. The van der Waals surface area contributed by atoms with Gasteiger partial charge in [0, 0.05) is 30.1 Å². The maximum Gasteiger partial charge on any atom is 0.324 e. The Morgan fingerprint density at radius 1 is 1.25 bits per heavy atom. The summed E-state index contributed by atoms with van der Waals surface area (Å²) in [5, 5.41) is 11.2. The van der Waals surface area contributed by atoms with Crippen LogP contribution in [0.25, 0.3) is 16.3 Å². The van der Waals surface area contributed by atoms with Crippen LogP contribution in [0.4, 0.5) is 14.5 Å². The first-order valence-electron chi connectivity index (χ1n) is 8.29. The molecule has 28 heavy (non-hydrogen) atoms. The Morgan fingerprint density at radius 3 is 2.68 bits per heavy atom. The van der Waals surface area contributed by atoms with E-state index in [4.69, 9.17) is 0 Å². The minimum absolute atomic E-state index is 0.0122. The van der Waals surface area contributed by atoms with Gasteiger partial charge in [-0.1, -0.05) is 28.7 Å². The van der Waals surface area contributed by atoms with Gasteiger partial charge in [0.25, 0.3) is 5.91 Å². The molecule has 0 aliphatic heterocycles. The van der Waals surface area contributed by atoms with Crippen molar-refractivity contribution in [3.05, 3.63) is 57.2 Å². The number of aromatic nitrogens is 1. The van der Waals surface area contributed by atoms with Crippen molar-refractivity contribution >= 4 is 55.0 Å². The Bertz CT molecular complexity index is 1040. The van der Waals surface area contributed by atoms with Crippen molar-refractivity contribution in [1.29, 1.82) is 0 Å². The molecule has 3 aromatic rings. The fourth-order valence-electron chi connectivity index (χ4n) is 2.39. The number of amides is 1. The SMILES string of the molecule is CN(C)CCN(C(=O)C=Cc1ccc([N+](=O)[O-])s1)c1nc2c(F)cccc2s1. The van der Waals surface area contributed by atoms with E-state index >= 15 is 0 Å². The first-order valence-corrected chi connectivity index (χ1v) is 9.92. The van der Waals surface area contributed by atoms with E-state index in [0.29, 0.717) is 27.8 Å². The number of thiazole rings is 1. The van der Waals surface area contributed by atoms with Crippen molar-refractivity contribution in [3.63, 3.8) is 0 Å². The lowest BCUT2D eigenvalue weighted by Crippen LogP contribution is -2.35. The van der Waals surface area contributed by atoms with E-state index in [0.717, 1.165) is 11.3 Å². The average Bonchev–Trinajstić information content (AvgIpc) is 3.27. The summed E-state index contributed by atoms with van der Waals surface area (Å²) in [5.41, 5.74) is 0.239. The molecule has 0 bridgehead atoms. The van der Waals surface area contributed by atoms with Gasteiger partial charge in [-0.3, -0.25) is 19.8 Å². The van der Waals surface area contributed by atoms with Gasteiger partial charge in [0.1, 0.15) is 11.3 Å². The van der Waals surface area contributed by atoms with Crippen LogP contribution in [0.15, 0.2) is 36.4 Å². The number of carbonyl (C=O) groups is 1. The van der Waals surface area contributed by atoms with Crippen LogP contribution in [0.1, 0.15) is 4.88 Å². The molecule has 0 fully saturated rings. The number of hydrogen-bond acceptors (Lipinski definition) is 7. The number of hydrogen-bond donors (Lipinski definition) is 0. The van der Waals surface area contributed by atoms with Gasteiger partial charge < -0.3 is 4.90 Å². The van der Waals surface area contributed by atoms with Crippen LogP contribution < -0.4 is 4.90 Å². The molecule has 1 aromatic carbocycles. The third-order valence-corrected chi connectivity index (χ3v) is 5.85. The number of halogens is 1. The van der Waals surface area contributed by atoms with Crippen LogP contribution in [-0.2, 0) is 4.79 Å². The lowest BCUT2D eigenvalue weighted by atomic mass is 10.3. The zero-order chi connectivity index (χ0) is 20.3. The molecule has 0 saturated heterocycles. The molecule has 0 radical (unpaired) electrons. The van der Waals surface area contributed by atoms with Crippen LogP contribution in [0.5, 0.6) is 0 Å². The van der Waals surface area contributed by atoms with Crippen LogP contribution >= 0.6 is 22.7 Å². The monoisotopic (exact) mass is 420 g/mol. The molecular formula is C18H17FN4O3S2. The fraction of sp³-hybridized carbons (Fsp3) is 0.222. The number of rotatable bonds is 7.